The molecule has 3 aliphatic heterocycles. The van der Waals surface area contributed by atoms with E-state index in [2.05, 4.69) is 136 Å². The van der Waals surface area contributed by atoms with E-state index in [9.17, 15) is 41.9 Å². The molecule has 10 fully saturated rings. The minimum atomic E-state index is -4.51. The third-order valence-corrected chi connectivity index (χ3v) is 31.2. The molecule has 7 N–H and O–H groups in total. The Kier molecular flexibility index (Phi) is 31.2. The van der Waals surface area contributed by atoms with Crippen LogP contribution in [0.1, 0.15) is 280 Å². The summed E-state index contributed by atoms with van der Waals surface area (Å²) in [6.07, 6.45) is 27.8. The molecular formula is C110H136ClF3N26O10. The molecule has 40 heteroatoms. The zero-order valence-corrected chi connectivity index (χ0v) is 88.0. The van der Waals surface area contributed by atoms with Gasteiger partial charge in [0.05, 0.1) is 42.5 Å². The van der Waals surface area contributed by atoms with Crippen LogP contribution in [0, 0.1) is 61.2 Å². The quantitative estimate of drug-likeness (QED) is 0.0235. The summed E-state index contributed by atoms with van der Waals surface area (Å²) in [5, 5.41) is 31.2. The van der Waals surface area contributed by atoms with Gasteiger partial charge in [0, 0.05) is 119 Å². The van der Waals surface area contributed by atoms with Crippen molar-refractivity contribution in [3.63, 3.8) is 0 Å². The lowest BCUT2D eigenvalue weighted by Gasteiger charge is -2.47. The number of aryl methyl sites for hydroxylation is 6. The molecule has 10 aliphatic rings. The number of fused-ring (bicyclic) bond motifs is 8. The van der Waals surface area contributed by atoms with Crippen LogP contribution in [0.5, 0.6) is 0 Å². The highest BCUT2D eigenvalue weighted by atomic mass is 35.5. The highest BCUT2D eigenvalue weighted by molar-refractivity contribution is 6.29. The van der Waals surface area contributed by atoms with E-state index in [4.69, 9.17) is 30.9 Å². The summed E-state index contributed by atoms with van der Waals surface area (Å²) in [5.41, 5.74) is 15.0. The monoisotopic (exact) mass is 2070 g/mol. The van der Waals surface area contributed by atoms with Crippen molar-refractivity contribution in [2.24, 2.45) is 40.5 Å². The number of hydrogen-bond acceptors (Lipinski definition) is 23. The van der Waals surface area contributed by atoms with Gasteiger partial charge in [0.1, 0.15) is 44.8 Å². The number of rotatable bonds is 27. The number of aliphatic hydroxyl groups is 1. The molecule has 13 aromatic heterocycles. The molecule has 6 amide bonds. The molecule has 7 atom stereocenters. The van der Waals surface area contributed by atoms with Crippen molar-refractivity contribution in [1.29, 1.82) is 0 Å². The third-order valence-electron chi connectivity index (χ3n) is 31.0. The van der Waals surface area contributed by atoms with Crippen LogP contribution in [-0.2, 0) is 69.6 Å². The number of hydrogen-bond donors (Lipinski definition) is 7. The molecule has 0 bridgehead atoms. The van der Waals surface area contributed by atoms with Gasteiger partial charge < -0.3 is 19.3 Å². The largest absolute Gasteiger partial charge is 0.406 e. The van der Waals surface area contributed by atoms with Gasteiger partial charge in [-0.15, -0.1) is 0 Å². The van der Waals surface area contributed by atoms with Gasteiger partial charge in [-0.05, 0) is 287 Å². The fourth-order valence-electron chi connectivity index (χ4n) is 21.7. The Labute approximate surface area is 873 Å². The zero-order valence-electron chi connectivity index (χ0n) is 87.3. The van der Waals surface area contributed by atoms with Gasteiger partial charge >= 0.3 is 6.18 Å². The van der Waals surface area contributed by atoms with Crippen LogP contribution >= 0.6 is 11.6 Å². The number of aliphatic hydroxyl groups excluding tert-OH is 1. The van der Waals surface area contributed by atoms with Crippen molar-refractivity contribution in [3.8, 4) is 5.69 Å². The van der Waals surface area contributed by atoms with Crippen molar-refractivity contribution < 1.29 is 61.3 Å². The third kappa shape index (κ3) is 24.5. The Bertz CT molecular complexity index is 7150. The summed E-state index contributed by atoms with van der Waals surface area (Å²) in [4.78, 5) is 129. The number of ether oxygens (including phenoxy) is 3. The molecular weight excluding hydrogens is 1940 g/mol. The molecule has 0 radical (unpaired) electrons. The molecule has 16 heterocycles. The number of benzene rings is 1. The number of nitrogens with zero attached hydrogens (tertiary/aromatic N) is 20. The first kappa shape index (κ1) is 105. The number of alkyl halides is 3. The Hall–Kier alpha value is -13.1. The topological polar surface area (TPSA) is 425 Å². The Balaban J connectivity index is 0.000000113. The lowest BCUT2D eigenvalue weighted by Crippen LogP contribution is -2.48. The number of amides is 6. The average Bonchev–Trinajstić information content (AvgIpc) is 1.51. The number of pyridine rings is 6. The molecule has 3 unspecified atom stereocenters. The zero-order chi connectivity index (χ0) is 105. The molecule has 1 aromatic carbocycles. The molecule has 24 rings (SSSR count). The molecule has 150 heavy (non-hydrogen) atoms. The van der Waals surface area contributed by atoms with Crippen LogP contribution < -0.4 is 31.9 Å². The van der Waals surface area contributed by atoms with E-state index in [1.54, 1.807) is 27.6 Å². The molecule has 14 aromatic rings. The summed E-state index contributed by atoms with van der Waals surface area (Å²) in [6, 6.07) is 33.7. The number of halogens is 4. The lowest BCUT2D eigenvalue weighted by atomic mass is 9.59. The molecule has 7 saturated carbocycles. The second-order valence-electron chi connectivity index (χ2n) is 44.5. The summed E-state index contributed by atoms with van der Waals surface area (Å²) in [5.74, 6) is 3.11. The lowest BCUT2D eigenvalue weighted by molar-refractivity contribution is -0.140. The summed E-state index contributed by atoms with van der Waals surface area (Å²) >= 11 is 6.06. The van der Waals surface area contributed by atoms with E-state index >= 15 is 0 Å². The molecule has 7 aliphatic carbocycles. The Morgan fingerprint density at radius 1 is 0.447 bits per heavy atom. The highest BCUT2D eigenvalue weighted by Gasteiger charge is 2.56. The molecule has 794 valence electrons. The molecule has 36 nitrogen and oxygen atoms in total. The first-order valence-corrected chi connectivity index (χ1v) is 53.5. The normalized spacial score (nSPS) is 21.0. The molecule has 3 saturated heterocycles. The second-order valence-corrected chi connectivity index (χ2v) is 44.9. The maximum absolute atomic E-state index is 12.9. The number of imidazole rings is 6. The van der Waals surface area contributed by atoms with E-state index in [0.717, 1.165) is 206 Å². The van der Waals surface area contributed by atoms with E-state index in [1.807, 2.05) is 141 Å². The maximum atomic E-state index is 12.9. The first-order chi connectivity index (χ1) is 71.9. The van der Waals surface area contributed by atoms with E-state index < -0.39 is 25.2 Å². The SMILES string of the molecule is CC(C)(C)CC(=O)Nc1nc2ccc(CO)nc2n1CC(F)(F)F.Cc1ccc2nc(NC(=O)CC3CC4(C)CCO[C@H]34)n(C3CCC3)c2n1.Cc1ccc2nc(NC(=O)CC3C[C@]4(C)CCO[C@H]34)n(C3CCC3)c2n1.Cc1ccc2nc(NC(=O)CCC3(C)CC3)n(C3CCC3)c2n1.Cc1ccc2nc(NC(=O)CC[C@@H]3CCCO3)n(C3CCC3)c2n1.Cn1cc(-n2c(NC(=O)CCc3ccccc3)nc3ccc(Cl)nc32)cn1. The minimum absolute atomic E-state index is 0.0121. The van der Waals surface area contributed by atoms with Gasteiger partial charge in [0.25, 0.3) is 0 Å². The maximum Gasteiger partial charge on any atom is 0.406 e. The average molecular weight is 2070 g/mol. The van der Waals surface area contributed by atoms with Gasteiger partial charge in [-0.25, -0.2) is 59.8 Å². The first-order valence-electron chi connectivity index (χ1n) is 53.1. The number of anilines is 6. The van der Waals surface area contributed by atoms with Crippen LogP contribution in [0.25, 0.3) is 72.7 Å². The van der Waals surface area contributed by atoms with Gasteiger partial charge in [-0.1, -0.05) is 83.5 Å². The fraction of sp³-hybridized carbons (Fsp3) is 0.536. The van der Waals surface area contributed by atoms with Crippen LogP contribution in [-0.4, -0.2) is 182 Å². The van der Waals surface area contributed by atoms with E-state index in [-0.39, 0.29) is 82.5 Å². The summed E-state index contributed by atoms with van der Waals surface area (Å²) in [7, 11) is 1.82. The van der Waals surface area contributed by atoms with Gasteiger partial charge in [0.15, 0.2) is 33.9 Å². The van der Waals surface area contributed by atoms with Crippen molar-refractivity contribution >= 4 is 150 Å². The minimum Gasteiger partial charge on any atom is -0.390 e. The Morgan fingerprint density at radius 2 is 0.867 bits per heavy atom. The van der Waals surface area contributed by atoms with E-state index in [0.29, 0.717) is 137 Å². The molecule has 0 spiro atoms. The van der Waals surface area contributed by atoms with Crippen molar-refractivity contribution in [2.45, 2.75) is 317 Å². The number of carbonyl (C=O) groups excluding carboxylic acids is 6. The van der Waals surface area contributed by atoms with Crippen molar-refractivity contribution in [2.75, 3.05) is 51.7 Å². The van der Waals surface area contributed by atoms with Crippen molar-refractivity contribution in [1.82, 2.24) is 97.0 Å². The van der Waals surface area contributed by atoms with E-state index in [1.165, 1.54) is 50.7 Å². The predicted octanol–water partition coefficient (Wildman–Crippen LogP) is 20.8. The fourth-order valence-corrected chi connectivity index (χ4v) is 21.9. The van der Waals surface area contributed by atoms with Crippen LogP contribution in [0.15, 0.2) is 116 Å². The number of nitrogens with one attached hydrogen (secondary N) is 6. The van der Waals surface area contributed by atoms with Gasteiger partial charge in [0.2, 0.25) is 71.1 Å². The van der Waals surface area contributed by atoms with Crippen LogP contribution in [0.2, 0.25) is 5.15 Å². The summed E-state index contributed by atoms with van der Waals surface area (Å²) in [6.45, 7) is 21.1. The second kappa shape index (κ2) is 44.4. The van der Waals surface area contributed by atoms with Crippen LogP contribution in [0.3, 0.4) is 0 Å². The highest BCUT2D eigenvalue weighted by Crippen LogP contribution is 2.57. The van der Waals surface area contributed by atoms with Gasteiger partial charge in [-0.2, -0.15) is 18.3 Å². The number of aromatic nitrogens is 20. The predicted molar refractivity (Wildman–Crippen MR) is 567 cm³/mol. The standard InChI is InChI=1S/2C20H26N4O2.C19H17ClN6O.C18H24N4O2.C18H24N4O.C15H19F3N4O2/c2*1-12-6-7-15-18(21-12)24(14-4-3-5-14)19(22-15)23-16(25)10-13-11-20(2)8-9-26-17(13)20;1-25-12-14(11-21-25)26-18-15(8-9-16(20)23-18)22-19(26)24-17(27)10-7-13-5-3-2-4-6-13;1-12-7-9-15-17(19-12)22(13-4-2-5-13)18(20-15)21-16(23)10-8-14-6-3-11-24-14;1-12-6-7-14-16(19-12)22(13-4-3-5-13)17(20-14)21-15(23)8-9-18(2)10-11-18;1-14(2,3)6-11(24)21-13-20-10-5-4-9(7-23)19-12(10)22(13)8-15(16,17)18/h2*6-7,13-14,17H,3-5,8-11H2,1-2H3,(H,22,23,25);2-6,8-9,11-12H,7,10H2,1H3,(H,22,24,27);7,9,13-14H,2-6,8,10-11H2,1H3,(H,20,21,23);6-7,13H,3-5,8-11H2,1-2H3,(H,20,21,23);4-5,23H,6-8H2,1-3H3,(H,20,21,24)/t13?,17-,20?;13?,17-,20+;;14-;;/m11.0../s1. The van der Waals surface area contributed by atoms with Gasteiger partial charge in [-0.3, -0.25) is 92.8 Å². The number of carbonyl (C=O) groups is 6. The Morgan fingerprint density at radius 3 is 1.29 bits per heavy atom. The van der Waals surface area contributed by atoms with Crippen molar-refractivity contribution in [3.05, 3.63) is 155 Å². The smallest absolute Gasteiger partial charge is 0.390 e. The van der Waals surface area contributed by atoms with Crippen LogP contribution in [0.4, 0.5) is 48.9 Å². The summed E-state index contributed by atoms with van der Waals surface area (Å²) < 4.78 is 68.7.